The molecule has 0 unspecified atom stereocenters. The number of hydrogen-bond donors (Lipinski definition) is 1. The molecular weight excluding hydrogens is 218 g/mol. The molecule has 0 aliphatic carbocycles. The van der Waals surface area contributed by atoms with Gasteiger partial charge in [-0.3, -0.25) is 0 Å². The van der Waals surface area contributed by atoms with Crippen molar-refractivity contribution >= 4 is 11.0 Å². The number of nitrogens with two attached hydrogens (primary N) is 1. The second-order valence-electron chi connectivity index (χ2n) is 3.75. The fraction of sp³-hybridized carbons (Fsp3) is 0.385. The maximum absolute atomic E-state index is 5.67. The van der Waals surface area contributed by atoms with E-state index < -0.39 is 0 Å². The number of benzene rings is 1. The maximum atomic E-state index is 5.67. The molecule has 1 aromatic heterocycles. The molecule has 0 bridgehead atoms. The van der Waals surface area contributed by atoms with Crippen LogP contribution in [0.5, 0.6) is 0 Å². The van der Waals surface area contributed by atoms with Gasteiger partial charge >= 0.3 is 0 Å². The standard InChI is InChI=1S/C13H17NO3/c1-15-6-7-16-9-11-10-4-2-3-5-12(10)17-13(11)8-14/h2-5H,6-9,14H2,1H3. The summed E-state index contributed by atoms with van der Waals surface area (Å²) in [4.78, 5) is 0. The minimum absolute atomic E-state index is 0.387. The minimum Gasteiger partial charge on any atom is -0.459 e. The summed E-state index contributed by atoms with van der Waals surface area (Å²) < 4.78 is 16.1. The largest absolute Gasteiger partial charge is 0.459 e. The van der Waals surface area contributed by atoms with Crippen molar-refractivity contribution in [3.05, 3.63) is 35.6 Å². The van der Waals surface area contributed by atoms with Crippen LogP contribution < -0.4 is 5.73 Å². The number of para-hydroxylation sites is 1. The van der Waals surface area contributed by atoms with E-state index in [2.05, 4.69) is 0 Å². The highest BCUT2D eigenvalue weighted by Crippen LogP contribution is 2.26. The highest BCUT2D eigenvalue weighted by atomic mass is 16.5. The lowest BCUT2D eigenvalue weighted by molar-refractivity contribution is 0.0614. The number of ether oxygens (including phenoxy) is 2. The lowest BCUT2D eigenvalue weighted by atomic mass is 10.1. The van der Waals surface area contributed by atoms with Gasteiger partial charge in [-0.25, -0.2) is 0 Å². The smallest absolute Gasteiger partial charge is 0.134 e. The fourth-order valence-electron chi connectivity index (χ4n) is 1.79. The molecule has 2 rings (SSSR count). The van der Waals surface area contributed by atoms with E-state index in [1.165, 1.54) is 0 Å². The monoisotopic (exact) mass is 235 g/mol. The molecule has 17 heavy (non-hydrogen) atoms. The number of hydrogen-bond acceptors (Lipinski definition) is 4. The zero-order valence-corrected chi connectivity index (χ0v) is 9.94. The molecular formula is C13H17NO3. The van der Waals surface area contributed by atoms with Crippen LogP contribution in [0.4, 0.5) is 0 Å². The van der Waals surface area contributed by atoms with Gasteiger partial charge < -0.3 is 19.6 Å². The van der Waals surface area contributed by atoms with Crippen molar-refractivity contribution in [3.63, 3.8) is 0 Å². The Morgan fingerprint density at radius 2 is 2.06 bits per heavy atom. The highest BCUT2D eigenvalue weighted by Gasteiger charge is 2.12. The molecule has 2 aromatic rings. The van der Waals surface area contributed by atoms with E-state index in [0.717, 1.165) is 22.3 Å². The maximum Gasteiger partial charge on any atom is 0.134 e. The minimum atomic E-state index is 0.387. The van der Waals surface area contributed by atoms with Crippen molar-refractivity contribution in [1.82, 2.24) is 0 Å². The molecule has 0 saturated carbocycles. The van der Waals surface area contributed by atoms with Crippen molar-refractivity contribution in [2.45, 2.75) is 13.2 Å². The highest BCUT2D eigenvalue weighted by molar-refractivity contribution is 5.82. The Bertz CT molecular complexity index is 478. The Morgan fingerprint density at radius 3 is 2.82 bits per heavy atom. The van der Waals surface area contributed by atoms with Gasteiger partial charge in [0.25, 0.3) is 0 Å². The summed E-state index contributed by atoms with van der Waals surface area (Å²) in [5.74, 6) is 0.795. The van der Waals surface area contributed by atoms with Gasteiger partial charge in [0.05, 0.1) is 26.4 Å². The Labute approximate surface area is 100 Å². The first-order chi connectivity index (χ1) is 8.36. The first-order valence-corrected chi connectivity index (χ1v) is 5.63. The fourth-order valence-corrected chi connectivity index (χ4v) is 1.79. The lowest BCUT2D eigenvalue weighted by Crippen LogP contribution is -2.04. The first-order valence-electron chi connectivity index (χ1n) is 5.63. The molecule has 0 fully saturated rings. The quantitative estimate of drug-likeness (QED) is 0.778. The van der Waals surface area contributed by atoms with Crippen molar-refractivity contribution in [3.8, 4) is 0 Å². The van der Waals surface area contributed by atoms with Crippen LogP contribution in [0.1, 0.15) is 11.3 Å². The number of fused-ring (bicyclic) bond motifs is 1. The third-order valence-electron chi connectivity index (χ3n) is 2.65. The molecule has 0 spiro atoms. The molecule has 1 heterocycles. The van der Waals surface area contributed by atoms with Gasteiger partial charge in [0.15, 0.2) is 0 Å². The predicted molar refractivity (Wildman–Crippen MR) is 65.6 cm³/mol. The van der Waals surface area contributed by atoms with E-state index in [9.17, 15) is 0 Å². The van der Waals surface area contributed by atoms with Crippen molar-refractivity contribution in [2.24, 2.45) is 5.73 Å². The molecule has 0 amide bonds. The van der Waals surface area contributed by atoms with E-state index in [4.69, 9.17) is 19.6 Å². The van der Waals surface area contributed by atoms with E-state index in [0.29, 0.717) is 26.4 Å². The second kappa shape index (κ2) is 5.82. The summed E-state index contributed by atoms with van der Waals surface area (Å²) in [6.07, 6.45) is 0. The van der Waals surface area contributed by atoms with Gasteiger partial charge in [0.1, 0.15) is 11.3 Å². The van der Waals surface area contributed by atoms with Crippen molar-refractivity contribution in [1.29, 1.82) is 0 Å². The van der Waals surface area contributed by atoms with Crippen LogP contribution in [-0.2, 0) is 22.6 Å². The molecule has 4 heteroatoms. The third-order valence-corrected chi connectivity index (χ3v) is 2.65. The van der Waals surface area contributed by atoms with Crippen molar-refractivity contribution < 1.29 is 13.9 Å². The van der Waals surface area contributed by atoms with Gasteiger partial charge in [-0.1, -0.05) is 18.2 Å². The number of furan rings is 1. The topological polar surface area (TPSA) is 57.6 Å². The van der Waals surface area contributed by atoms with Crippen LogP contribution in [0.2, 0.25) is 0 Å². The molecule has 0 saturated heterocycles. The van der Waals surface area contributed by atoms with Crippen LogP contribution in [0.15, 0.2) is 28.7 Å². The Kier molecular flexibility index (Phi) is 4.14. The molecule has 0 radical (unpaired) electrons. The van der Waals surface area contributed by atoms with E-state index >= 15 is 0 Å². The van der Waals surface area contributed by atoms with E-state index in [1.54, 1.807) is 7.11 Å². The second-order valence-corrected chi connectivity index (χ2v) is 3.75. The van der Waals surface area contributed by atoms with Crippen LogP contribution in [0, 0.1) is 0 Å². The van der Waals surface area contributed by atoms with Gasteiger partial charge in [-0.05, 0) is 6.07 Å². The average Bonchev–Trinajstić information content (AvgIpc) is 2.73. The summed E-state index contributed by atoms with van der Waals surface area (Å²) in [7, 11) is 1.65. The summed E-state index contributed by atoms with van der Waals surface area (Å²) in [5.41, 5.74) is 7.57. The summed E-state index contributed by atoms with van der Waals surface area (Å²) in [6, 6.07) is 7.89. The Hall–Kier alpha value is -1.36. The van der Waals surface area contributed by atoms with Gasteiger partial charge in [-0.2, -0.15) is 0 Å². The van der Waals surface area contributed by atoms with Crippen molar-refractivity contribution in [2.75, 3.05) is 20.3 Å². The summed E-state index contributed by atoms with van der Waals surface area (Å²) in [6.45, 7) is 2.05. The first kappa shape index (κ1) is 12.1. The van der Waals surface area contributed by atoms with E-state index in [1.807, 2.05) is 24.3 Å². The Balaban J connectivity index is 2.18. The third kappa shape index (κ3) is 2.66. The van der Waals surface area contributed by atoms with Crippen LogP contribution in [0.25, 0.3) is 11.0 Å². The normalized spacial score (nSPS) is 11.2. The molecule has 0 atom stereocenters. The number of methoxy groups -OCH3 is 1. The van der Waals surface area contributed by atoms with Crippen LogP contribution in [0.3, 0.4) is 0 Å². The molecule has 4 nitrogen and oxygen atoms in total. The van der Waals surface area contributed by atoms with Gasteiger partial charge in [-0.15, -0.1) is 0 Å². The van der Waals surface area contributed by atoms with Crippen LogP contribution >= 0.6 is 0 Å². The molecule has 0 aliphatic rings. The molecule has 2 N–H and O–H groups in total. The Morgan fingerprint density at radius 1 is 1.24 bits per heavy atom. The zero-order chi connectivity index (χ0) is 12.1. The van der Waals surface area contributed by atoms with Crippen LogP contribution in [-0.4, -0.2) is 20.3 Å². The predicted octanol–water partition coefficient (Wildman–Crippen LogP) is 2.05. The molecule has 92 valence electrons. The van der Waals surface area contributed by atoms with Gasteiger partial charge in [0, 0.05) is 18.1 Å². The lowest BCUT2D eigenvalue weighted by Gasteiger charge is -2.03. The molecule has 1 aromatic carbocycles. The summed E-state index contributed by atoms with van der Waals surface area (Å²) >= 11 is 0. The van der Waals surface area contributed by atoms with E-state index in [-0.39, 0.29) is 0 Å². The SMILES string of the molecule is COCCOCc1c(CN)oc2ccccc12. The summed E-state index contributed by atoms with van der Waals surface area (Å²) in [5, 5.41) is 1.07. The molecule has 0 aliphatic heterocycles. The average molecular weight is 235 g/mol. The van der Waals surface area contributed by atoms with Gasteiger partial charge in [0.2, 0.25) is 0 Å². The zero-order valence-electron chi connectivity index (χ0n) is 9.94. The number of rotatable bonds is 6.